The molecule has 0 bridgehead atoms. The molecule has 1 saturated heterocycles. The van der Waals surface area contributed by atoms with Gasteiger partial charge in [-0.25, -0.2) is 4.98 Å². The van der Waals surface area contributed by atoms with Gasteiger partial charge in [0, 0.05) is 13.1 Å². The number of fused-ring (bicyclic) bond motifs is 1. The molecule has 1 aromatic carbocycles. The predicted molar refractivity (Wildman–Crippen MR) is 102 cm³/mol. The highest BCUT2D eigenvalue weighted by atomic mass is 32.1. The second-order valence-electron chi connectivity index (χ2n) is 7.32. The number of aromatic nitrogens is 3. The van der Waals surface area contributed by atoms with Crippen molar-refractivity contribution in [3.63, 3.8) is 0 Å². The lowest BCUT2D eigenvalue weighted by atomic mass is 9.89. The number of nitrogens with zero attached hydrogens (tertiary/aromatic N) is 4. The smallest absolute Gasteiger partial charge is 0.230 e. The van der Waals surface area contributed by atoms with Crippen molar-refractivity contribution in [2.24, 2.45) is 11.8 Å². The van der Waals surface area contributed by atoms with Crippen LogP contribution in [0.15, 0.2) is 30.6 Å². The molecular formula is C19H24N4O2S. The number of ether oxygens (including phenoxy) is 1. The summed E-state index contributed by atoms with van der Waals surface area (Å²) in [5.41, 5.74) is 1.12. The Balaban J connectivity index is 1.83. The Morgan fingerprint density at radius 2 is 2.04 bits per heavy atom. The van der Waals surface area contributed by atoms with Crippen molar-refractivity contribution in [1.29, 1.82) is 0 Å². The topological polar surface area (TPSA) is 62.9 Å². The van der Waals surface area contributed by atoms with E-state index in [0.29, 0.717) is 16.8 Å². The molecule has 1 fully saturated rings. The van der Waals surface area contributed by atoms with Crippen LogP contribution in [0.1, 0.15) is 36.8 Å². The van der Waals surface area contributed by atoms with E-state index in [1.807, 2.05) is 12.1 Å². The van der Waals surface area contributed by atoms with E-state index in [1.165, 1.54) is 28.6 Å². The fourth-order valence-electron chi connectivity index (χ4n) is 4.13. The lowest BCUT2D eigenvalue weighted by Crippen LogP contribution is -2.41. The molecule has 3 atom stereocenters. The molecule has 4 rings (SSSR count). The molecule has 0 radical (unpaired) electrons. The van der Waals surface area contributed by atoms with E-state index in [-0.39, 0.29) is 11.9 Å². The highest BCUT2D eigenvalue weighted by Crippen LogP contribution is 2.42. The number of hydrogen-bond donors (Lipinski definition) is 1. The monoisotopic (exact) mass is 372 g/mol. The molecule has 138 valence electrons. The third kappa shape index (κ3) is 3.05. The van der Waals surface area contributed by atoms with E-state index >= 15 is 0 Å². The van der Waals surface area contributed by atoms with Crippen molar-refractivity contribution in [1.82, 2.24) is 19.5 Å². The number of hydrogen-bond acceptors (Lipinski definition) is 6. The summed E-state index contributed by atoms with van der Waals surface area (Å²) in [6.07, 6.45) is 2.71. The Morgan fingerprint density at radius 1 is 1.27 bits per heavy atom. The number of aromatic hydroxyl groups is 1. The minimum atomic E-state index is -0.0381. The Bertz CT molecular complexity index is 896. The van der Waals surface area contributed by atoms with Gasteiger partial charge in [-0.2, -0.15) is 9.61 Å². The minimum absolute atomic E-state index is 0.0381. The van der Waals surface area contributed by atoms with Gasteiger partial charge in [-0.1, -0.05) is 37.3 Å². The Kier molecular flexibility index (Phi) is 4.58. The van der Waals surface area contributed by atoms with E-state index in [0.717, 1.165) is 29.3 Å². The van der Waals surface area contributed by atoms with Gasteiger partial charge in [-0.3, -0.25) is 4.90 Å². The first kappa shape index (κ1) is 17.3. The summed E-state index contributed by atoms with van der Waals surface area (Å²) >= 11 is 1.50. The summed E-state index contributed by atoms with van der Waals surface area (Å²) in [6.45, 7) is 6.60. The van der Waals surface area contributed by atoms with Gasteiger partial charge < -0.3 is 9.84 Å². The fourth-order valence-corrected chi connectivity index (χ4v) is 5.23. The molecule has 3 heterocycles. The minimum Gasteiger partial charge on any atom is -0.497 e. The predicted octanol–water partition coefficient (Wildman–Crippen LogP) is 3.57. The second kappa shape index (κ2) is 6.89. The first-order valence-corrected chi connectivity index (χ1v) is 9.78. The molecule has 0 unspecified atom stereocenters. The van der Waals surface area contributed by atoms with E-state index < -0.39 is 0 Å². The summed E-state index contributed by atoms with van der Waals surface area (Å²) in [7, 11) is 1.68. The van der Waals surface area contributed by atoms with Gasteiger partial charge in [0.05, 0.1) is 18.0 Å². The van der Waals surface area contributed by atoms with Crippen LogP contribution < -0.4 is 4.74 Å². The molecule has 7 heteroatoms. The molecule has 6 nitrogen and oxygen atoms in total. The van der Waals surface area contributed by atoms with E-state index in [1.54, 1.807) is 7.11 Å². The van der Waals surface area contributed by atoms with Gasteiger partial charge in [-0.05, 0) is 36.0 Å². The Labute approximate surface area is 157 Å². The van der Waals surface area contributed by atoms with Crippen LogP contribution in [0, 0.1) is 11.8 Å². The van der Waals surface area contributed by atoms with Crippen molar-refractivity contribution in [3.05, 3.63) is 41.0 Å². The van der Waals surface area contributed by atoms with Gasteiger partial charge >= 0.3 is 0 Å². The SMILES string of the molecule is COc1cccc([C@@H](c2sc3ncnn3c2O)N2C[C@H](C)C[C@H](C)C2)c1. The van der Waals surface area contributed by atoms with E-state index in [2.05, 4.69) is 41.0 Å². The van der Waals surface area contributed by atoms with Crippen LogP contribution in [-0.4, -0.2) is 44.8 Å². The van der Waals surface area contributed by atoms with Crippen LogP contribution in [0.25, 0.3) is 4.96 Å². The van der Waals surface area contributed by atoms with Gasteiger partial charge in [-0.15, -0.1) is 0 Å². The number of rotatable bonds is 4. The van der Waals surface area contributed by atoms with Crippen LogP contribution in [0.5, 0.6) is 11.6 Å². The molecule has 26 heavy (non-hydrogen) atoms. The largest absolute Gasteiger partial charge is 0.497 e. The zero-order valence-corrected chi connectivity index (χ0v) is 16.1. The maximum Gasteiger partial charge on any atom is 0.230 e. The third-order valence-corrected chi connectivity index (χ3v) is 6.15. The average molecular weight is 372 g/mol. The van der Waals surface area contributed by atoms with Crippen molar-refractivity contribution in [3.8, 4) is 11.6 Å². The number of thiazole rings is 1. The second-order valence-corrected chi connectivity index (χ2v) is 8.33. The maximum absolute atomic E-state index is 10.8. The van der Waals surface area contributed by atoms with Crippen LogP contribution >= 0.6 is 11.3 Å². The maximum atomic E-state index is 10.8. The molecule has 1 aliphatic rings. The van der Waals surface area contributed by atoms with Gasteiger partial charge in [0.2, 0.25) is 10.8 Å². The number of piperidine rings is 1. The molecular weight excluding hydrogens is 348 g/mol. The van der Waals surface area contributed by atoms with Gasteiger partial charge in [0.15, 0.2) is 0 Å². The van der Waals surface area contributed by atoms with Crippen LogP contribution in [0.3, 0.4) is 0 Å². The van der Waals surface area contributed by atoms with Crippen molar-refractivity contribution >= 4 is 16.3 Å². The normalized spacial score (nSPS) is 22.6. The summed E-state index contributed by atoms with van der Waals surface area (Å²) in [4.78, 5) is 8.32. The molecule has 2 aromatic heterocycles. The lowest BCUT2D eigenvalue weighted by molar-refractivity contribution is 0.111. The zero-order valence-electron chi connectivity index (χ0n) is 15.3. The Hall–Kier alpha value is -2.12. The summed E-state index contributed by atoms with van der Waals surface area (Å²) in [6, 6.07) is 8.08. The molecule has 0 spiro atoms. The molecule has 1 N–H and O–H groups in total. The first-order valence-electron chi connectivity index (χ1n) is 8.96. The van der Waals surface area contributed by atoms with Crippen molar-refractivity contribution in [2.45, 2.75) is 26.3 Å². The molecule has 0 amide bonds. The van der Waals surface area contributed by atoms with E-state index in [9.17, 15) is 5.11 Å². The summed E-state index contributed by atoms with van der Waals surface area (Å²) in [5, 5.41) is 15.0. The van der Waals surface area contributed by atoms with E-state index in [4.69, 9.17) is 4.74 Å². The highest BCUT2D eigenvalue weighted by molar-refractivity contribution is 7.17. The standard InChI is InChI=1S/C19H24N4O2S/c1-12-7-13(2)10-22(9-12)16(14-5-4-6-15(8-14)25-3)17-18(24)23-19(26-17)20-11-21-23/h4-6,8,11-13,16,24H,7,9-10H2,1-3H3/t12-,13+,16-/m0/s1. The van der Waals surface area contributed by atoms with Gasteiger partial charge in [0.25, 0.3) is 0 Å². The Morgan fingerprint density at radius 3 is 2.73 bits per heavy atom. The molecule has 1 aliphatic heterocycles. The van der Waals surface area contributed by atoms with Crippen molar-refractivity contribution < 1.29 is 9.84 Å². The van der Waals surface area contributed by atoms with Gasteiger partial charge in [0.1, 0.15) is 12.1 Å². The lowest BCUT2D eigenvalue weighted by Gasteiger charge is -2.40. The number of benzene rings is 1. The number of methoxy groups -OCH3 is 1. The summed E-state index contributed by atoms with van der Waals surface area (Å²) < 4.78 is 6.95. The number of likely N-dealkylation sites (tertiary alicyclic amines) is 1. The first-order chi connectivity index (χ1) is 12.6. The molecule has 0 aliphatic carbocycles. The zero-order chi connectivity index (χ0) is 18.3. The highest BCUT2D eigenvalue weighted by Gasteiger charge is 2.33. The van der Waals surface area contributed by atoms with Crippen LogP contribution in [-0.2, 0) is 0 Å². The summed E-state index contributed by atoms with van der Waals surface area (Å²) in [5.74, 6) is 2.25. The molecule has 0 saturated carbocycles. The molecule has 3 aromatic rings. The fraction of sp³-hybridized carbons (Fsp3) is 0.474. The third-order valence-electron chi connectivity index (χ3n) is 5.06. The van der Waals surface area contributed by atoms with Crippen LogP contribution in [0.2, 0.25) is 0 Å². The van der Waals surface area contributed by atoms with Crippen LogP contribution in [0.4, 0.5) is 0 Å². The quantitative estimate of drug-likeness (QED) is 0.758. The van der Waals surface area contributed by atoms with Crippen molar-refractivity contribution in [2.75, 3.05) is 20.2 Å². The average Bonchev–Trinajstić information content (AvgIpc) is 3.19.